The molecule has 0 saturated carbocycles. The van der Waals surface area contributed by atoms with Crippen LogP contribution < -0.4 is 16.9 Å². The second-order valence-electron chi connectivity index (χ2n) is 7.56. The van der Waals surface area contributed by atoms with E-state index in [2.05, 4.69) is 45.3 Å². The van der Waals surface area contributed by atoms with E-state index >= 15 is 0 Å². The lowest BCUT2D eigenvalue weighted by Gasteiger charge is -2.07. The van der Waals surface area contributed by atoms with E-state index in [-0.39, 0.29) is 44.2 Å². The van der Waals surface area contributed by atoms with Gasteiger partial charge in [-0.2, -0.15) is 0 Å². The van der Waals surface area contributed by atoms with E-state index < -0.39 is 30.7 Å². The molecule has 0 unspecified atom stereocenters. The molecule has 4 rings (SSSR count). The number of esters is 2. The number of benzene rings is 2. The molecule has 6 N–H and O–H groups in total. The van der Waals surface area contributed by atoms with Gasteiger partial charge in [-0.1, -0.05) is 23.2 Å². The van der Waals surface area contributed by atoms with Gasteiger partial charge in [0.2, 0.25) is 0 Å². The van der Waals surface area contributed by atoms with Gasteiger partial charge in [0.1, 0.15) is 16.2 Å². The van der Waals surface area contributed by atoms with Crippen LogP contribution in [0.3, 0.4) is 0 Å². The first-order chi connectivity index (χ1) is 19.8. The molecule has 0 aliphatic rings. The monoisotopic (exact) mass is 686 g/mol. The zero-order valence-corrected chi connectivity index (χ0v) is 24.7. The molecule has 0 aliphatic carbocycles. The van der Waals surface area contributed by atoms with Gasteiger partial charge < -0.3 is 31.0 Å². The Morgan fingerprint density at radius 3 is 1.88 bits per heavy atom. The lowest BCUT2D eigenvalue weighted by molar-refractivity contribution is 0.0586. The summed E-state index contributed by atoms with van der Waals surface area (Å²) in [5, 5.41) is 17.7. The fourth-order valence-electron chi connectivity index (χ4n) is 2.81. The molecular weight excluding hydrogens is 668 g/mol. The Morgan fingerprint density at radius 2 is 1.36 bits per heavy atom. The predicted molar refractivity (Wildman–Crippen MR) is 155 cm³/mol. The fraction of sp³-hybridized carbons (Fsp3) is 0.0833. The van der Waals surface area contributed by atoms with E-state index in [0.29, 0.717) is 10.2 Å². The van der Waals surface area contributed by atoms with E-state index in [9.17, 15) is 18.4 Å². The van der Waals surface area contributed by atoms with Crippen molar-refractivity contribution in [2.75, 3.05) is 25.7 Å². The molecule has 4 aromatic rings. The standard InChI is InChI=1S/C12H9ClFN3O2.C6H5BClFO2.C6H6BrN3O2/c1-19-12(18)10-11(15)16-5-9(17-10)7-4-6(14)2-3-8(7)13;8-6-2-1-4(9)3-5(6)7(10)11;1-12-6(11)4-5(8)9-2-3(7)10-4/h2-5H,1H3,(H2,15,16);1-3,10-11H;2H,1H3,(H2,8,9). The van der Waals surface area contributed by atoms with Crippen molar-refractivity contribution in [3.05, 3.63) is 86.5 Å². The minimum absolute atomic E-state index is 0.0203. The summed E-state index contributed by atoms with van der Waals surface area (Å²) in [4.78, 5) is 37.8. The third kappa shape index (κ3) is 9.56. The Morgan fingerprint density at radius 1 is 0.857 bits per heavy atom. The van der Waals surface area contributed by atoms with E-state index in [1.54, 1.807) is 0 Å². The summed E-state index contributed by atoms with van der Waals surface area (Å²) in [6.45, 7) is 0. The van der Waals surface area contributed by atoms with Gasteiger partial charge in [-0.05, 0) is 52.3 Å². The van der Waals surface area contributed by atoms with E-state index in [1.807, 2.05) is 0 Å². The van der Waals surface area contributed by atoms with Crippen LogP contribution in [0.2, 0.25) is 10.0 Å². The first-order valence-electron chi connectivity index (χ1n) is 11.1. The number of hydrogen-bond donors (Lipinski definition) is 4. The van der Waals surface area contributed by atoms with Gasteiger partial charge >= 0.3 is 19.1 Å². The Balaban J connectivity index is 0.000000233. The minimum atomic E-state index is -1.72. The third-order valence-electron chi connectivity index (χ3n) is 4.77. The van der Waals surface area contributed by atoms with Gasteiger partial charge in [-0.3, -0.25) is 0 Å². The summed E-state index contributed by atoms with van der Waals surface area (Å²) in [5.74, 6) is -2.34. The van der Waals surface area contributed by atoms with Crippen molar-refractivity contribution >= 4 is 75.3 Å². The molecule has 0 fully saturated rings. The second kappa shape index (κ2) is 15.9. The highest BCUT2D eigenvalue weighted by Crippen LogP contribution is 2.27. The Labute approximate surface area is 255 Å². The van der Waals surface area contributed by atoms with Crippen molar-refractivity contribution in [3.8, 4) is 11.3 Å². The molecule has 42 heavy (non-hydrogen) atoms. The van der Waals surface area contributed by atoms with Crippen LogP contribution in [-0.4, -0.2) is 63.3 Å². The van der Waals surface area contributed by atoms with Gasteiger partial charge in [0.05, 0.1) is 37.3 Å². The van der Waals surface area contributed by atoms with Crippen molar-refractivity contribution in [1.82, 2.24) is 19.9 Å². The number of carbonyl (C=O) groups is 2. The number of nitrogens with zero attached hydrogens (tertiary/aromatic N) is 4. The number of halogens is 5. The van der Waals surface area contributed by atoms with Gasteiger partial charge in [0, 0.05) is 16.0 Å². The number of anilines is 2. The van der Waals surface area contributed by atoms with Gasteiger partial charge in [0.25, 0.3) is 0 Å². The lowest BCUT2D eigenvalue weighted by atomic mass is 9.80. The molecule has 0 bridgehead atoms. The molecule has 12 nitrogen and oxygen atoms in total. The van der Waals surface area contributed by atoms with Gasteiger partial charge in [-0.25, -0.2) is 38.3 Å². The van der Waals surface area contributed by atoms with Crippen molar-refractivity contribution in [2.45, 2.75) is 0 Å². The number of hydrogen-bond acceptors (Lipinski definition) is 12. The summed E-state index contributed by atoms with van der Waals surface area (Å²) in [6.07, 6.45) is 2.71. The summed E-state index contributed by atoms with van der Waals surface area (Å²) < 4.78 is 35.0. The van der Waals surface area contributed by atoms with Crippen molar-refractivity contribution in [3.63, 3.8) is 0 Å². The maximum absolute atomic E-state index is 13.2. The highest BCUT2D eigenvalue weighted by atomic mass is 79.9. The van der Waals surface area contributed by atoms with Crippen LogP contribution >= 0.6 is 39.1 Å². The molecule has 0 amide bonds. The largest absolute Gasteiger partial charge is 0.490 e. The highest BCUT2D eigenvalue weighted by molar-refractivity contribution is 9.10. The Bertz CT molecular complexity index is 1590. The van der Waals surface area contributed by atoms with E-state index in [4.69, 9.17) is 44.7 Å². The molecule has 0 atom stereocenters. The van der Waals surface area contributed by atoms with Crippen LogP contribution in [0.4, 0.5) is 20.4 Å². The maximum Gasteiger partial charge on any atom is 0.490 e. The fourth-order valence-corrected chi connectivity index (χ4v) is 3.51. The molecule has 2 aromatic heterocycles. The van der Waals surface area contributed by atoms with Gasteiger partial charge in [-0.15, -0.1) is 0 Å². The highest BCUT2D eigenvalue weighted by Gasteiger charge is 2.17. The van der Waals surface area contributed by atoms with Gasteiger partial charge in [0.15, 0.2) is 23.0 Å². The zero-order valence-electron chi connectivity index (χ0n) is 21.6. The quantitative estimate of drug-likeness (QED) is 0.181. The van der Waals surface area contributed by atoms with Crippen molar-refractivity contribution < 1.29 is 37.9 Å². The summed E-state index contributed by atoms with van der Waals surface area (Å²) in [7, 11) is 0.730. The first kappa shape index (κ1) is 34.2. The molecule has 220 valence electrons. The average Bonchev–Trinajstić information content (AvgIpc) is 2.97. The molecule has 2 heterocycles. The van der Waals surface area contributed by atoms with E-state index in [0.717, 1.165) is 12.1 Å². The maximum atomic E-state index is 13.2. The minimum Gasteiger partial charge on any atom is -0.464 e. The molecule has 0 radical (unpaired) electrons. The topological polar surface area (TPSA) is 197 Å². The second-order valence-corrected chi connectivity index (χ2v) is 9.19. The van der Waals surface area contributed by atoms with Crippen molar-refractivity contribution in [1.29, 1.82) is 0 Å². The molecule has 0 saturated heterocycles. The first-order valence-corrected chi connectivity index (χ1v) is 12.7. The van der Waals surface area contributed by atoms with Crippen LogP contribution in [-0.2, 0) is 9.47 Å². The number of ether oxygens (including phenoxy) is 2. The van der Waals surface area contributed by atoms with E-state index in [1.165, 1.54) is 50.9 Å². The normalized spacial score (nSPS) is 9.93. The average molecular weight is 688 g/mol. The van der Waals surface area contributed by atoms with Crippen LogP contribution in [0, 0.1) is 11.6 Å². The molecular formula is C24H20BBrCl2F2N6O6. The van der Waals surface area contributed by atoms with Crippen LogP contribution in [0.1, 0.15) is 21.0 Å². The number of carbonyl (C=O) groups excluding carboxylic acids is 2. The number of nitrogen functional groups attached to an aromatic ring is 2. The SMILES string of the molecule is COC(=O)c1nc(-c2cc(F)ccc2Cl)cnc1N.COC(=O)c1nc(Br)cnc1N.OB(O)c1cc(F)ccc1Cl. The van der Waals surface area contributed by atoms with Crippen LogP contribution in [0.5, 0.6) is 0 Å². The summed E-state index contributed by atoms with van der Waals surface area (Å²) in [5.41, 5.74) is 11.3. The van der Waals surface area contributed by atoms with Crippen LogP contribution in [0.15, 0.2) is 53.4 Å². The summed E-state index contributed by atoms with van der Waals surface area (Å²) >= 11 is 14.5. The number of rotatable bonds is 4. The van der Waals surface area contributed by atoms with Crippen LogP contribution in [0.25, 0.3) is 11.3 Å². The molecule has 0 spiro atoms. The number of aromatic nitrogens is 4. The Kier molecular flexibility index (Phi) is 13.0. The zero-order chi connectivity index (χ0) is 31.6. The Hall–Kier alpha value is -3.96. The van der Waals surface area contributed by atoms with Crippen molar-refractivity contribution in [2.24, 2.45) is 0 Å². The number of methoxy groups -OCH3 is 2. The summed E-state index contributed by atoms with van der Waals surface area (Å²) in [6, 6.07) is 7.20. The third-order valence-corrected chi connectivity index (χ3v) is 5.83. The smallest absolute Gasteiger partial charge is 0.464 e. The number of nitrogens with two attached hydrogens (primary N) is 2. The molecule has 18 heteroatoms. The molecule has 2 aromatic carbocycles. The predicted octanol–water partition coefficient (Wildman–Crippen LogP) is 3.07. The lowest BCUT2D eigenvalue weighted by Crippen LogP contribution is -2.31. The molecule has 0 aliphatic heterocycles.